The summed E-state index contributed by atoms with van der Waals surface area (Å²) in [6.07, 6.45) is 0. The molecule has 2 aromatic rings. The van der Waals surface area contributed by atoms with Crippen molar-refractivity contribution in [1.29, 1.82) is 0 Å². The quantitative estimate of drug-likeness (QED) is 0.574. The van der Waals surface area contributed by atoms with Crippen LogP contribution in [0.3, 0.4) is 0 Å². The van der Waals surface area contributed by atoms with E-state index in [9.17, 15) is 19.7 Å². The molecule has 0 saturated carbocycles. The van der Waals surface area contributed by atoms with Crippen LogP contribution in [0.4, 0.5) is 5.69 Å². The highest BCUT2D eigenvalue weighted by molar-refractivity contribution is 5.39. The van der Waals surface area contributed by atoms with Gasteiger partial charge in [0.1, 0.15) is 0 Å². The highest BCUT2D eigenvalue weighted by Crippen LogP contribution is 2.12. The number of H-pyrrole nitrogens is 1. The maximum Gasteiger partial charge on any atom is 0.351 e. The van der Waals surface area contributed by atoms with Gasteiger partial charge in [-0.25, -0.2) is 23.9 Å². The average Bonchev–Trinajstić information content (AvgIpc) is 2.57. The minimum Gasteiger partial charge on any atom is -0.258 e. The number of aromatic nitrogens is 3. The van der Waals surface area contributed by atoms with E-state index in [2.05, 4.69) is 5.10 Å². The predicted octanol–water partition coefficient (Wildman–Crippen LogP) is -0.228. The Morgan fingerprint density at radius 1 is 1.24 bits per heavy atom. The molecule has 0 amide bonds. The summed E-state index contributed by atoms with van der Waals surface area (Å²) in [6.45, 7) is 0. The molecular weight excluding hydrogens is 228 g/mol. The largest absolute Gasteiger partial charge is 0.351 e. The van der Waals surface area contributed by atoms with Crippen LogP contribution in [-0.4, -0.2) is 19.3 Å². The lowest BCUT2D eigenvalue weighted by Crippen LogP contribution is -2.25. The summed E-state index contributed by atoms with van der Waals surface area (Å²) in [6, 6.07) is 5.28. The van der Waals surface area contributed by atoms with Gasteiger partial charge < -0.3 is 0 Å². The van der Waals surface area contributed by atoms with Crippen molar-refractivity contribution in [3.63, 3.8) is 0 Å². The lowest BCUT2D eigenvalue weighted by atomic mass is 10.3. The average molecular weight is 236 g/mol. The summed E-state index contributed by atoms with van der Waals surface area (Å²) in [5.41, 5.74) is -0.810. The third-order valence-corrected chi connectivity index (χ3v) is 2.31. The fourth-order valence-corrected chi connectivity index (χ4v) is 1.35. The Morgan fingerprint density at radius 2 is 1.82 bits per heavy atom. The van der Waals surface area contributed by atoms with Gasteiger partial charge in [-0.1, -0.05) is 0 Å². The van der Waals surface area contributed by atoms with E-state index >= 15 is 0 Å². The molecule has 1 aromatic carbocycles. The van der Waals surface area contributed by atoms with Crippen LogP contribution in [0.2, 0.25) is 0 Å². The molecule has 1 aromatic heterocycles. The maximum absolute atomic E-state index is 11.6. The van der Waals surface area contributed by atoms with Gasteiger partial charge in [0.15, 0.2) is 0 Å². The number of nitrogens with one attached hydrogen (secondary N) is 1. The Hall–Kier alpha value is -2.64. The Labute approximate surface area is 93.9 Å². The van der Waals surface area contributed by atoms with Crippen LogP contribution < -0.4 is 11.4 Å². The zero-order chi connectivity index (χ0) is 12.6. The molecule has 0 aliphatic rings. The summed E-state index contributed by atoms with van der Waals surface area (Å²) < 4.78 is 1.92. The first-order chi connectivity index (χ1) is 8.00. The number of hydrogen-bond donors (Lipinski definition) is 1. The molecule has 0 atom stereocenters. The van der Waals surface area contributed by atoms with Crippen molar-refractivity contribution in [2.45, 2.75) is 0 Å². The van der Waals surface area contributed by atoms with Gasteiger partial charge in [0.2, 0.25) is 0 Å². The topological polar surface area (TPSA) is 103 Å². The molecule has 0 bridgehead atoms. The fraction of sp³-hybridized carbons (Fsp3) is 0.111. The third kappa shape index (κ3) is 1.75. The van der Waals surface area contributed by atoms with E-state index in [1.807, 2.05) is 0 Å². The molecule has 0 fully saturated rings. The Morgan fingerprint density at radius 3 is 2.24 bits per heavy atom. The first kappa shape index (κ1) is 10.9. The van der Waals surface area contributed by atoms with Crippen LogP contribution in [0, 0.1) is 10.1 Å². The number of nitro benzene ring substituents is 1. The zero-order valence-corrected chi connectivity index (χ0v) is 8.78. The molecule has 8 nitrogen and oxygen atoms in total. The van der Waals surface area contributed by atoms with Crippen molar-refractivity contribution < 1.29 is 4.92 Å². The van der Waals surface area contributed by atoms with Crippen LogP contribution in [-0.2, 0) is 7.05 Å². The van der Waals surface area contributed by atoms with Gasteiger partial charge in [-0.3, -0.25) is 10.1 Å². The first-order valence-corrected chi connectivity index (χ1v) is 4.63. The number of hydrogen-bond acceptors (Lipinski definition) is 4. The second-order valence-corrected chi connectivity index (χ2v) is 3.37. The van der Waals surface area contributed by atoms with Crippen LogP contribution >= 0.6 is 0 Å². The highest BCUT2D eigenvalue weighted by Gasteiger charge is 2.09. The molecule has 8 heteroatoms. The molecule has 0 aliphatic carbocycles. The molecule has 0 radical (unpaired) electrons. The highest BCUT2D eigenvalue weighted by atomic mass is 16.6. The van der Waals surface area contributed by atoms with Crippen molar-refractivity contribution in [1.82, 2.24) is 14.3 Å². The van der Waals surface area contributed by atoms with Crippen molar-refractivity contribution in [3.05, 3.63) is 55.3 Å². The van der Waals surface area contributed by atoms with Crippen LogP contribution in [0.25, 0.3) is 5.69 Å². The molecule has 0 unspecified atom stereocenters. The number of aromatic amines is 1. The Balaban J connectivity index is 2.54. The molecule has 0 spiro atoms. The van der Waals surface area contributed by atoms with Gasteiger partial charge in [-0.15, -0.1) is 0 Å². The van der Waals surface area contributed by atoms with Crippen LogP contribution in [0.5, 0.6) is 0 Å². The van der Waals surface area contributed by atoms with Gasteiger partial charge in [0.05, 0.1) is 10.6 Å². The maximum atomic E-state index is 11.6. The molecule has 88 valence electrons. The molecule has 1 heterocycles. The minimum absolute atomic E-state index is 0.0833. The zero-order valence-electron chi connectivity index (χ0n) is 8.78. The smallest absolute Gasteiger partial charge is 0.258 e. The van der Waals surface area contributed by atoms with E-state index in [1.165, 1.54) is 31.3 Å². The number of nitrogens with zero attached hydrogens (tertiary/aromatic N) is 3. The van der Waals surface area contributed by atoms with Crippen molar-refractivity contribution in [3.8, 4) is 5.69 Å². The fourth-order valence-electron chi connectivity index (χ4n) is 1.35. The summed E-state index contributed by atoms with van der Waals surface area (Å²) >= 11 is 0. The van der Waals surface area contributed by atoms with E-state index in [0.29, 0.717) is 5.69 Å². The van der Waals surface area contributed by atoms with Crippen LogP contribution in [0.1, 0.15) is 0 Å². The standard InChI is InChI=1S/C9H8N4O4/c1-11-8(14)10-12(9(11)15)6-2-4-7(5-3-6)13(16)17/h2-5H,1H3,(H,10,14). The van der Waals surface area contributed by atoms with E-state index in [1.54, 1.807) is 0 Å². The predicted molar refractivity (Wildman–Crippen MR) is 58.3 cm³/mol. The van der Waals surface area contributed by atoms with Crippen LogP contribution in [0.15, 0.2) is 33.9 Å². The van der Waals surface area contributed by atoms with Gasteiger partial charge in [-0.05, 0) is 12.1 Å². The molecule has 0 saturated heterocycles. The molecular formula is C9H8N4O4. The first-order valence-electron chi connectivity index (χ1n) is 4.63. The summed E-state index contributed by atoms with van der Waals surface area (Å²) in [7, 11) is 1.34. The van der Waals surface area contributed by atoms with E-state index in [4.69, 9.17) is 0 Å². The summed E-state index contributed by atoms with van der Waals surface area (Å²) in [5.74, 6) is 0. The molecule has 1 N–H and O–H groups in total. The number of rotatable bonds is 2. The second-order valence-electron chi connectivity index (χ2n) is 3.37. The molecule has 17 heavy (non-hydrogen) atoms. The van der Waals surface area contributed by atoms with Gasteiger partial charge in [-0.2, -0.15) is 0 Å². The minimum atomic E-state index is -0.548. The van der Waals surface area contributed by atoms with Gasteiger partial charge >= 0.3 is 11.4 Å². The Bertz CT molecular complexity index is 676. The van der Waals surface area contributed by atoms with Crippen molar-refractivity contribution in [2.75, 3.05) is 0 Å². The van der Waals surface area contributed by atoms with E-state index in [0.717, 1.165) is 9.25 Å². The molecule has 0 aliphatic heterocycles. The SMILES string of the molecule is Cn1c(=O)[nH]n(-c2ccc([N+](=O)[O-])cc2)c1=O. The van der Waals surface area contributed by atoms with Crippen molar-refractivity contribution in [2.24, 2.45) is 7.05 Å². The van der Waals surface area contributed by atoms with Crippen molar-refractivity contribution >= 4 is 5.69 Å². The number of benzene rings is 1. The lowest BCUT2D eigenvalue weighted by molar-refractivity contribution is -0.384. The summed E-state index contributed by atoms with van der Waals surface area (Å²) in [5, 5.41) is 12.8. The number of nitro groups is 1. The Kier molecular flexibility index (Phi) is 2.39. The van der Waals surface area contributed by atoms with E-state index < -0.39 is 16.3 Å². The third-order valence-electron chi connectivity index (χ3n) is 2.31. The normalized spacial score (nSPS) is 10.4. The van der Waals surface area contributed by atoms with Gasteiger partial charge in [0.25, 0.3) is 5.69 Å². The van der Waals surface area contributed by atoms with Gasteiger partial charge in [0, 0.05) is 19.2 Å². The summed E-state index contributed by atoms with van der Waals surface area (Å²) in [4.78, 5) is 32.7. The molecule has 2 rings (SSSR count). The monoisotopic (exact) mass is 236 g/mol. The second kappa shape index (κ2) is 3.74. The number of non-ortho nitro benzene ring substituents is 1. The van der Waals surface area contributed by atoms with E-state index in [-0.39, 0.29) is 5.69 Å². The lowest BCUT2D eigenvalue weighted by Gasteiger charge is -1.98.